The quantitative estimate of drug-likeness (QED) is 0.645. The van der Waals surface area contributed by atoms with Crippen LogP contribution in [-0.4, -0.2) is 18.2 Å². The second-order valence-corrected chi connectivity index (χ2v) is 4.17. The lowest BCUT2D eigenvalue weighted by molar-refractivity contribution is -0.130. The molecule has 4 nitrogen and oxygen atoms in total. The first kappa shape index (κ1) is 12.4. The van der Waals surface area contributed by atoms with E-state index in [0.717, 1.165) is 22.1 Å². The van der Waals surface area contributed by atoms with E-state index in [4.69, 9.17) is 9.94 Å². The molecule has 2 N–H and O–H groups in total. The molecular formula is C14H15NO3. The molecule has 0 bridgehead atoms. The summed E-state index contributed by atoms with van der Waals surface area (Å²) < 4.78 is 5.16. The molecule has 0 heterocycles. The summed E-state index contributed by atoms with van der Waals surface area (Å²) >= 11 is 0. The third-order valence-corrected chi connectivity index (χ3v) is 3.07. The van der Waals surface area contributed by atoms with Crippen LogP contribution in [0.1, 0.15) is 18.4 Å². The van der Waals surface area contributed by atoms with E-state index in [9.17, 15) is 4.79 Å². The minimum absolute atomic E-state index is 0.387. The number of hydrogen-bond donors (Lipinski definition) is 2. The molecule has 0 aliphatic heterocycles. The lowest BCUT2D eigenvalue weighted by atomic mass is 9.97. The third-order valence-electron chi connectivity index (χ3n) is 3.07. The van der Waals surface area contributed by atoms with Crippen molar-refractivity contribution in [3.8, 4) is 5.75 Å². The molecular weight excluding hydrogens is 230 g/mol. The minimum Gasteiger partial charge on any atom is -0.497 e. The van der Waals surface area contributed by atoms with E-state index in [1.54, 1.807) is 19.5 Å². The van der Waals surface area contributed by atoms with Gasteiger partial charge in [0.2, 0.25) is 0 Å². The highest BCUT2D eigenvalue weighted by atomic mass is 16.5. The maximum Gasteiger partial charge on any atom is 0.250 e. The largest absolute Gasteiger partial charge is 0.497 e. The van der Waals surface area contributed by atoms with E-state index in [2.05, 4.69) is 0 Å². The molecule has 2 aromatic carbocycles. The van der Waals surface area contributed by atoms with Crippen LogP contribution in [0.3, 0.4) is 0 Å². The van der Waals surface area contributed by atoms with Crippen molar-refractivity contribution in [2.75, 3.05) is 7.11 Å². The van der Waals surface area contributed by atoms with Crippen LogP contribution in [0, 0.1) is 0 Å². The first-order valence-corrected chi connectivity index (χ1v) is 5.67. The van der Waals surface area contributed by atoms with E-state index in [0.29, 0.717) is 0 Å². The zero-order chi connectivity index (χ0) is 13.1. The third kappa shape index (κ3) is 2.28. The number of hydroxylamine groups is 1. The predicted octanol–water partition coefficient (Wildman–Crippen LogP) is 2.46. The first-order chi connectivity index (χ1) is 8.65. The van der Waals surface area contributed by atoms with Gasteiger partial charge in [-0.1, -0.05) is 24.3 Å². The number of fused-ring (bicyclic) bond motifs is 1. The van der Waals surface area contributed by atoms with Gasteiger partial charge in [-0.25, -0.2) is 5.48 Å². The standard InChI is InChI=1S/C14H15NO3/c1-9(14(16)15-17)10-3-4-12-8-13(18-2)6-5-11(12)7-10/h3-9,17H,1-2H3,(H,15,16)/t9-/m0/s1. The zero-order valence-electron chi connectivity index (χ0n) is 10.3. The van der Waals surface area contributed by atoms with E-state index < -0.39 is 5.91 Å². The molecule has 94 valence electrons. The Hall–Kier alpha value is -2.07. The van der Waals surface area contributed by atoms with E-state index in [1.165, 1.54) is 0 Å². The fourth-order valence-corrected chi connectivity index (χ4v) is 1.89. The Morgan fingerprint density at radius 3 is 2.56 bits per heavy atom. The Kier molecular flexibility index (Phi) is 3.48. The van der Waals surface area contributed by atoms with Crippen molar-refractivity contribution in [2.24, 2.45) is 0 Å². The van der Waals surface area contributed by atoms with Crippen molar-refractivity contribution >= 4 is 16.7 Å². The molecule has 0 spiro atoms. The first-order valence-electron chi connectivity index (χ1n) is 5.67. The van der Waals surface area contributed by atoms with Crippen LogP contribution in [-0.2, 0) is 4.79 Å². The van der Waals surface area contributed by atoms with Crippen molar-refractivity contribution in [2.45, 2.75) is 12.8 Å². The number of carbonyl (C=O) groups excluding carboxylic acids is 1. The molecule has 0 fully saturated rings. The molecule has 4 heteroatoms. The van der Waals surface area contributed by atoms with Crippen molar-refractivity contribution < 1.29 is 14.7 Å². The second-order valence-electron chi connectivity index (χ2n) is 4.17. The summed E-state index contributed by atoms with van der Waals surface area (Å²) in [5.74, 6) is 0.000707. The number of rotatable bonds is 3. The van der Waals surface area contributed by atoms with E-state index >= 15 is 0 Å². The van der Waals surface area contributed by atoms with Crippen LogP contribution in [0.2, 0.25) is 0 Å². The van der Waals surface area contributed by atoms with Gasteiger partial charge in [-0.2, -0.15) is 0 Å². The monoisotopic (exact) mass is 245 g/mol. The minimum atomic E-state index is -0.414. The molecule has 0 saturated carbocycles. The molecule has 0 aliphatic carbocycles. The predicted molar refractivity (Wildman–Crippen MR) is 68.8 cm³/mol. The molecule has 0 saturated heterocycles. The van der Waals surface area contributed by atoms with Gasteiger partial charge in [0.05, 0.1) is 13.0 Å². The van der Waals surface area contributed by atoms with E-state index in [1.807, 2.05) is 36.4 Å². The fourth-order valence-electron chi connectivity index (χ4n) is 1.89. The van der Waals surface area contributed by atoms with Gasteiger partial charge >= 0.3 is 0 Å². The lowest BCUT2D eigenvalue weighted by Crippen LogP contribution is -2.24. The summed E-state index contributed by atoms with van der Waals surface area (Å²) in [6.07, 6.45) is 0. The molecule has 0 aromatic heterocycles. The number of ether oxygens (including phenoxy) is 1. The highest BCUT2D eigenvalue weighted by molar-refractivity contribution is 5.87. The number of nitrogens with one attached hydrogen (secondary N) is 1. The second kappa shape index (κ2) is 5.06. The summed E-state index contributed by atoms with van der Waals surface area (Å²) in [5.41, 5.74) is 2.53. The van der Waals surface area contributed by atoms with Gasteiger partial charge in [0, 0.05) is 0 Å². The summed E-state index contributed by atoms with van der Waals surface area (Å²) in [6.45, 7) is 1.75. The number of hydrogen-bond acceptors (Lipinski definition) is 3. The average molecular weight is 245 g/mol. The summed E-state index contributed by atoms with van der Waals surface area (Å²) in [4.78, 5) is 11.4. The van der Waals surface area contributed by atoms with Gasteiger partial charge in [0.1, 0.15) is 5.75 Å². The normalized spacial score (nSPS) is 12.2. The maximum absolute atomic E-state index is 11.4. The van der Waals surface area contributed by atoms with Crippen LogP contribution < -0.4 is 10.2 Å². The molecule has 0 unspecified atom stereocenters. The number of amides is 1. The summed E-state index contributed by atoms with van der Waals surface area (Å²) in [5, 5.41) is 10.7. The fraction of sp³-hybridized carbons (Fsp3) is 0.214. The lowest BCUT2D eigenvalue weighted by Gasteiger charge is -2.11. The van der Waals surface area contributed by atoms with Crippen LogP contribution in [0.4, 0.5) is 0 Å². The smallest absolute Gasteiger partial charge is 0.250 e. The number of carbonyl (C=O) groups is 1. The highest BCUT2D eigenvalue weighted by Gasteiger charge is 2.14. The van der Waals surface area contributed by atoms with Gasteiger partial charge in [0.25, 0.3) is 5.91 Å². The summed E-state index contributed by atoms with van der Waals surface area (Å²) in [7, 11) is 1.63. The van der Waals surface area contributed by atoms with Crippen molar-refractivity contribution in [3.63, 3.8) is 0 Å². The Balaban J connectivity index is 2.42. The van der Waals surface area contributed by atoms with Crippen molar-refractivity contribution in [3.05, 3.63) is 42.0 Å². The Bertz CT molecular complexity index is 580. The highest BCUT2D eigenvalue weighted by Crippen LogP contribution is 2.25. The van der Waals surface area contributed by atoms with E-state index in [-0.39, 0.29) is 5.92 Å². The van der Waals surface area contributed by atoms with Crippen molar-refractivity contribution in [1.82, 2.24) is 5.48 Å². The van der Waals surface area contributed by atoms with Gasteiger partial charge < -0.3 is 4.74 Å². The molecule has 18 heavy (non-hydrogen) atoms. The molecule has 1 atom stereocenters. The number of methoxy groups -OCH3 is 1. The van der Waals surface area contributed by atoms with Crippen LogP contribution in [0.15, 0.2) is 36.4 Å². The van der Waals surface area contributed by atoms with Crippen LogP contribution in [0.25, 0.3) is 10.8 Å². The number of benzene rings is 2. The topological polar surface area (TPSA) is 58.6 Å². The van der Waals surface area contributed by atoms with Gasteiger partial charge in [0.15, 0.2) is 0 Å². The summed E-state index contributed by atoms with van der Waals surface area (Å²) in [6, 6.07) is 11.5. The molecule has 1 amide bonds. The Labute approximate surface area is 105 Å². The molecule has 2 rings (SSSR count). The Morgan fingerprint density at radius 1 is 1.22 bits per heavy atom. The van der Waals surface area contributed by atoms with Gasteiger partial charge in [-0.15, -0.1) is 0 Å². The SMILES string of the molecule is COc1ccc2cc([C@H](C)C(=O)NO)ccc2c1. The van der Waals surface area contributed by atoms with Crippen LogP contribution in [0.5, 0.6) is 5.75 Å². The molecule has 0 radical (unpaired) electrons. The van der Waals surface area contributed by atoms with Crippen molar-refractivity contribution in [1.29, 1.82) is 0 Å². The molecule has 2 aromatic rings. The average Bonchev–Trinajstić information content (AvgIpc) is 2.44. The molecule has 0 aliphatic rings. The zero-order valence-corrected chi connectivity index (χ0v) is 10.3. The van der Waals surface area contributed by atoms with Gasteiger partial charge in [-0.05, 0) is 35.4 Å². The maximum atomic E-state index is 11.4. The Morgan fingerprint density at radius 2 is 1.89 bits per heavy atom. The van der Waals surface area contributed by atoms with Crippen LogP contribution >= 0.6 is 0 Å². The van der Waals surface area contributed by atoms with Gasteiger partial charge in [-0.3, -0.25) is 10.0 Å².